The number of hydrogen-bond acceptors (Lipinski definition) is 2. The molecule has 1 amide bonds. The fourth-order valence-corrected chi connectivity index (χ4v) is 2.68. The molecule has 1 unspecified atom stereocenters. The molecule has 1 fully saturated rings. The number of aliphatic carboxylic acids is 1. The Labute approximate surface area is 95.1 Å². The molecule has 1 rings (SSSR count). The van der Waals surface area contributed by atoms with Gasteiger partial charge in [-0.15, -0.1) is 0 Å². The van der Waals surface area contributed by atoms with Crippen LogP contribution in [0.1, 0.15) is 33.6 Å². The molecule has 1 aliphatic heterocycles. The van der Waals surface area contributed by atoms with Crippen LogP contribution in [0.3, 0.4) is 0 Å². The van der Waals surface area contributed by atoms with Crippen molar-refractivity contribution in [2.75, 3.05) is 6.54 Å². The minimum absolute atomic E-state index is 0.0473. The Morgan fingerprint density at radius 2 is 1.88 bits per heavy atom. The largest absolute Gasteiger partial charge is 0.481 e. The highest BCUT2D eigenvalue weighted by Gasteiger charge is 2.44. The Morgan fingerprint density at radius 1 is 1.31 bits per heavy atom. The molecule has 1 heterocycles. The van der Waals surface area contributed by atoms with E-state index in [1.54, 1.807) is 0 Å². The van der Waals surface area contributed by atoms with Crippen LogP contribution in [-0.2, 0) is 4.79 Å². The summed E-state index contributed by atoms with van der Waals surface area (Å²) < 4.78 is 0. The molecule has 0 aliphatic carbocycles. The molecule has 2 atom stereocenters. The molecule has 0 spiro atoms. The SMILES string of the molecule is CC(C)(C)[C@H]1C(CC(=O)O)CCN1C(=O)O. The van der Waals surface area contributed by atoms with Gasteiger partial charge in [0.2, 0.25) is 0 Å². The fourth-order valence-electron chi connectivity index (χ4n) is 2.68. The Bertz CT molecular complexity index is 295. The molecular weight excluding hydrogens is 210 g/mol. The zero-order chi connectivity index (χ0) is 12.5. The normalized spacial score (nSPS) is 25.8. The summed E-state index contributed by atoms with van der Waals surface area (Å²) in [7, 11) is 0. The quantitative estimate of drug-likeness (QED) is 0.757. The van der Waals surface area contributed by atoms with Crippen LogP contribution < -0.4 is 0 Å². The maximum absolute atomic E-state index is 11.1. The predicted molar refractivity (Wildman–Crippen MR) is 58.3 cm³/mol. The van der Waals surface area contributed by atoms with Gasteiger partial charge in [-0.1, -0.05) is 20.8 Å². The summed E-state index contributed by atoms with van der Waals surface area (Å²) in [6.07, 6.45) is -0.264. The predicted octanol–water partition coefficient (Wildman–Crippen LogP) is 1.88. The number of rotatable bonds is 2. The smallest absolute Gasteiger partial charge is 0.407 e. The van der Waals surface area contributed by atoms with Gasteiger partial charge >= 0.3 is 12.1 Å². The summed E-state index contributed by atoms with van der Waals surface area (Å²) in [6, 6.07) is -0.207. The molecule has 1 aliphatic rings. The zero-order valence-corrected chi connectivity index (χ0v) is 9.93. The number of amides is 1. The van der Waals surface area contributed by atoms with Gasteiger partial charge in [0.1, 0.15) is 0 Å². The number of carboxylic acid groups (broad SMARTS) is 2. The summed E-state index contributed by atoms with van der Waals surface area (Å²) >= 11 is 0. The van der Waals surface area contributed by atoms with Crippen LogP contribution in [0.25, 0.3) is 0 Å². The number of nitrogens with zero attached hydrogens (tertiary/aromatic N) is 1. The lowest BCUT2D eigenvalue weighted by Crippen LogP contribution is -2.45. The van der Waals surface area contributed by atoms with Crippen molar-refractivity contribution in [1.82, 2.24) is 4.90 Å². The summed E-state index contributed by atoms with van der Waals surface area (Å²) in [6.45, 7) is 6.30. The summed E-state index contributed by atoms with van der Waals surface area (Å²) in [5.41, 5.74) is -0.227. The first-order chi connectivity index (χ1) is 7.23. The van der Waals surface area contributed by atoms with Crippen molar-refractivity contribution < 1.29 is 19.8 Å². The Kier molecular flexibility index (Phi) is 3.45. The van der Waals surface area contributed by atoms with E-state index < -0.39 is 12.1 Å². The number of hydrogen-bond donors (Lipinski definition) is 2. The molecule has 5 nitrogen and oxygen atoms in total. The first-order valence-electron chi connectivity index (χ1n) is 5.45. The minimum atomic E-state index is -0.951. The van der Waals surface area contributed by atoms with Gasteiger partial charge in [0.05, 0.1) is 6.42 Å². The third kappa shape index (κ3) is 2.65. The van der Waals surface area contributed by atoms with Gasteiger partial charge in [0.15, 0.2) is 0 Å². The van der Waals surface area contributed by atoms with E-state index in [-0.39, 0.29) is 23.8 Å². The highest BCUT2D eigenvalue weighted by Crippen LogP contribution is 2.38. The van der Waals surface area contributed by atoms with Crippen LogP contribution in [0.5, 0.6) is 0 Å². The molecule has 0 aromatic rings. The molecule has 1 saturated heterocycles. The maximum atomic E-state index is 11.1. The molecule has 92 valence electrons. The second kappa shape index (κ2) is 4.31. The van der Waals surface area contributed by atoms with Gasteiger partial charge in [-0.25, -0.2) is 4.79 Å². The van der Waals surface area contributed by atoms with Crippen LogP contribution in [0, 0.1) is 11.3 Å². The Balaban J connectivity index is 2.88. The van der Waals surface area contributed by atoms with E-state index in [0.717, 1.165) is 0 Å². The summed E-state index contributed by atoms with van der Waals surface area (Å²) in [5, 5.41) is 17.9. The molecule has 0 bridgehead atoms. The van der Waals surface area contributed by atoms with Gasteiger partial charge in [-0.05, 0) is 17.8 Å². The van der Waals surface area contributed by atoms with E-state index >= 15 is 0 Å². The second-order valence-electron chi connectivity index (χ2n) is 5.43. The summed E-state index contributed by atoms with van der Waals surface area (Å²) in [4.78, 5) is 23.2. The minimum Gasteiger partial charge on any atom is -0.481 e. The monoisotopic (exact) mass is 229 g/mol. The van der Waals surface area contributed by atoms with Crippen molar-refractivity contribution in [3.8, 4) is 0 Å². The first kappa shape index (κ1) is 12.8. The zero-order valence-electron chi connectivity index (χ0n) is 9.93. The van der Waals surface area contributed by atoms with Crippen LogP contribution in [0.2, 0.25) is 0 Å². The van der Waals surface area contributed by atoms with Crippen molar-refractivity contribution in [1.29, 1.82) is 0 Å². The van der Waals surface area contributed by atoms with E-state index in [0.29, 0.717) is 13.0 Å². The molecular formula is C11H19NO4. The third-order valence-electron chi connectivity index (χ3n) is 3.09. The maximum Gasteiger partial charge on any atom is 0.407 e. The fraction of sp³-hybridized carbons (Fsp3) is 0.818. The van der Waals surface area contributed by atoms with Gasteiger partial charge in [0.25, 0.3) is 0 Å². The van der Waals surface area contributed by atoms with Crippen molar-refractivity contribution in [2.24, 2.45) is 11.3 Å². The molecule has 0 saturated carbocycles. The van der Waals surface area contributed by atoms with Gasteiger partial charge < -0.3 is 15.1 Å². The lowest BCUT2D eigenvalue weighted by molar-refractivity contribution is -0.138. The Hall–Kier alpha value is -1.26. The van der Waals surface area contributed by atoms with E-state index in [1.807, 2.05) is 20.8 Å². The van der Waals surface area contributed by atoms with Crippen molar-refractivity contribution in [3.63, 3.8) is 0 Å². The molecule has 16 heavy (non-hydrogen) atoms. The van der Waals surface area contributed by atoms with Gasteiger partial charge in [-0.2, -0.15) is 0 Å². The highest BCUT2D eigenvalue weighted by atomic mass is 16.4. The molecule has 0 aromatic heterocycles. The molecule has 2 N–H and O–H groups in total. The van der Waals surface area contributed by atoms with Gasteiger partial charge in [-0.3, -0.25) is 4.79 Å². The Morgan fingerprint density at radius 3 is 2.25 bits per heavy atom. The average Bonchev–Trinajstić information content (AvgIpc) is 2.45. The van der Waals surface area contributed by atoms with Crippen LogP contribution in [0.15, 0.2) is 0 Å². The van der Waals surface area contributed by atoms with Crippen LogP contribution in [0.4, 0.5) is 4.79 Å². The van der Waals surface area contributed by atoms with Gasteiger partial charge in [0, 0.05) is 12.6 Å². The van der Waals surface area contributed by atoms with Crippen LogP contribution >= 0.6 is 0 Å². The number of carbonyl (C=O) groups is 2. The number of carboxylic acids is 1. The van der Waals surface area contributed by atoms with Crippen molar-refractivity contribution in [3.05, 3.63) is 0 Å². The highest BCUT2D eigenvalue weighted by molar-refractivity contribution is 5.69. The second-order valence-corrected chi connectivity index (χ2v) is 5.43. The molecule has 0 radical (unpaired) electrons. The van der Waals surface area contributed by atoms with E-state index in [2.05, 4.69) is 0 Å². The molecule has 0 aromatic carbocycles. The first-order valence-corrected chi connectivity index (χ1v) is 5.45. The molecule has 5 heteroatoms. The van der Waals surface area contributed by atoms with Crippen molar-refractivity contribution in [2.45, 2.75) is 39.7 Å². The average molecular weight is 229 g/mol. The topological polar surface area (TPSA) is 77.8 Å². The van der Waals surface area contributed by atoms with Crippen LogP contribution in [-0.4, -0.2) is 39.8 Å². The lowest BCUT2D eigenvalue weighted by atomic mass is 9.78. The number of likely N-dealkylation sites (tertiary alicyclic amines) is 1. The van der Waals surface area contributed by atoms with E-state index in [1.165, 1.54) is 4.90 Å². The van der Waals surface area contributed by atoms with Crippen molar-refractivity contribution >= 4 is 12.1 Å². The van der Waals surface area contributed by atoms with E-state index in [4.69, 9.17) is 10.2 Å². The third-order valence-corrected chi connectivity index (χ3v) is 3.09. The lowest BCUT2D eigenvalue weighted by Gasteiger charge is -2.36. The standard InChI is InChI=1S/C11H19NO4/c1-11(2,3)9-7(6-8(13)14)4-5-12(9)10(15)16/h7,9H,4-6H2,1-3H3,(H,13,14)(H,15,16)/t7?,9-/m1/s1. The summed E-state index contributed by atoms with van der Waals surface area (Å²) in [5.74, 6) is -0.930. The van der Waals surface area contributed by atoms with E-state index in [9.17, 15) is 9.59 Å².